The first-order valence-electron chi connectivity index (χ1n) is 5.24. The fourth-order valence-electron chi connectivity index (χ4n) is 1.94. The third-order valence-electron chi connectivity index (χ3n) is 2.78. The van der Waals surface area contributed by atoms with Crippen molar-refractivity contribution >= 4 is 22.2 Å². The summed E-state index contributed by atoms with van der Waals surface area (Å²) in [5.74, 6) is -0.452. The van der Waals surface area contributed by atoms with Gasteiger partial charge < -0.3 is 4.40 Å². The maximum atomic E-state index is 13.8. The van der Waals surface area contributed by atoms with E-state index in [2.05, 4.69) is 4.98 Å². The highest BCUT2D eigenvalue weighted by Gasteiger charge is 2.11. The standard InChI is InChI=1S/C13H9FN2O/c1-8(17)11-7-16-6-5-9-3-2-4-10(14)12(9)13(16)15-11/h2-7H,1H3. The molecule has 0 aliphatic rings. The second-order valence-corrected chi connectivity index (χ2v) is 3.93. The summed E-state index contributed by atoms with van der Waals surface area (Å²) in [6.07, 6.45) is 3.39. The Balaban J connectivity index is 2.50. The van der Waals surface area contributed by atoms with Crippen LogP contribution in [0.2, 0.25) is 0 Å². The lowest BCUT2D eigenvalue weighted by atomic mass is 10.1. The summed E-state index contributed by atoms with van der Waals surface area (Å²) in [4.78, 5) is 15.4. The first-order chi connectivity index (χ1) is 8.16. The van der Waals surface area contributed by atoms with Gasteiger partial charge in [-0.3, -0.25) is 4.79 Å². The van der Waals surface area contributed by atoms with Gasteiger partial charge in [0.25, 0.3) is 0 Å². The van der Waals surface area contributed by atoms with E-state index in [1.54, 1.807) is 28.9 Å². The zero-order valence-corrected chi connectivity index (χ0v) is 9.14. The number of rotatable bonds is 1. The first kappa shape index (κ1) is 9.96. The average molecular weight is 228 g/mol. The minimum Gasteiger partial charge on any atom is -0.306 e. The van der Waals surface area contributed by atoms with Crippen molar-refractivity contribution in [2.45, 2.75) is 6.92 Å². The number of carbonyl (C=O) groups is 1. The van der Waals surface area contributed by atoms with E-state index >= 15 is 0 Å². The van der Waals surface area contributed by atoms with E-state index in [-0.39, 0.29) is 11.6 Å². The second kappa shape index (κ2) is 3.38. The highest BCUT2D eigenvalue weighted by atomic mass is 19.1. The van der Waals surface area contributed by atoms with Crippen LogP contribution in [0.5, 0.6) is 0 Å². The molecular formula is C13H9FN2O. The van der Waals surface area contributed by atoms with Gasteiger partial charge >= 0.3 is 0 Å². The van der Waals surface area contributed by atoms with E-state index in [0.29, 0.717) is 16.7 Å². The minimum atomic E-state index is -0.325. The fourth-order valence-corrected chi connectivity index (χ4v) is 1.94. The summed E-state index contributed by atoms with van der Waals surface area (Å²) in [6, 6.07) is 6.67. The van der Waals surface area contributed by atoms with Gasteiger partial charge in [-0.05, 0) is 17.5 Å². The molecule has 3 rings (SSSR count). The number of hydrogen-bond donors (Lipinski definition) is 0. The SMILES string of the molecule is CC(=O)c1cn2ccc3cccc(F)c3c2n1. The van der Waals surface area contributed by atoms with Crippen LogP contribution in [0.4, 0.5) is 4.39 Å². The van der Waals surface area contributed by atoms with E-state index in [0.717, 1.165) is 5.39 Å². The Bertz CT molecular complexity index is 746. The molecule has 0 unspecified atom stereocenters. The van der Waals surface area contributed by atoms with Crippen molar-refractivity contribution in [1.82, 2.24) is 9.38 Å². The molecule has 0 atom stereocenters. The van der Waals surface area contributed by atoms with E-state index in [1.807, 2.05) is 6.07 Å². The van der Waals surface area contributed by atoms with E-state index in [9.17, 15) is 9.18 Å². The summed E-state index contributed by atoms with van der Waals surface area (Å²) in [7, 11) is 0. The molecule has 0 aliphatic carbocycles. The van der Waals surface area contributed by atoms with Gasteiger partial charge in [-0.25, -0.2) is 9.37 Å². The van der Waals surface area contributed by atoms with Gasteiger partial charge in [-0.2, -0.15) is 0 Å². The largest absolute Gasteiger partial charge is 0.306 e. The number of ketones is 1. The molecule has 0 fully saturated rings. The molecule has 0 amide bonds. The van der Waals surface area contributed by atoms with Gasteiger partial charge in [-0.1, -0.05) is 12.1 Å². The number of benzene rings is 1. The van der Waals surface area contributed by atoms with Gasteiger partial charge in [0.2, 0.25) is 0 Å². The highest BCUT2D eigenvalue weighted by molar-refractivity contribution is 5.98. The Kier molecular flexibility index (Phi) is 1.98. The Morgan fingerprint density at radius 2 is 2.18 bits per heavy atom. The van der Waals surface area contributed by atoms with Crippen molar-refractivity contribution in [3.63, 3.8) is 0 Å². The highest BCUT2D eigenvalue weighted by Crippen LogP contribution is 2.22. The van der Waals surface area contributed by atoms with Crippen molar-refractivity contribution in [3.05, 3.63) is 48.2 Å². The second-order valence-electron chi connectivity index (χ2n) is 3.93. The normalized spacial score (nSPS) is 11.2. The summed E-state index contributed by atoms with van der Waals surface area (Å²) < 4.78 is 15.5. The summed E-state index contributed by atoms with van der Waals surface area (Å²) in [6.45, 7) is 1.44. The molecule has 0 saturated carbocycles. The number of hydrogen-bond acceptors (Lipinski definition) is 2. The molecule has 0 radical (unpaired) electrons. The molecule has 0 saturated heterocycles. The molecule has 0 N–H and O–H groups in total. The van der Waals surface area contributed by atoms with Crippen LogP contribution in [0, 0.1) is 5.82 Å². The summed E-state index contributed by atoms with van der Waals surface area (Å²) in [5.41, 5.74) is 0.826. The third-order valence-corrected chi connectivity index (χ3v) is 2.78. The molecule has 17 heavy (non-hydrogen) atoms. The van der Waals surface area contributed by atoms with Gasteiger partial charge in [-0.15, -0.1) is 0 Å². The lowest BCUT2D eigenvalue weighted by molar-refractivity contribution is 0.101. The lowest BCUT2D eigenvalue weighted by Gasteiger charge is -2.00. The molecule has 1 aromatic carbocycles. The number of aromatic nitrogens is 2. The Morgan fingerprint density at radius 3 is 2.94 bits per heavy atom. The molecule has 0 aliphatic heterocycles. The molecule has 2 aromatic heterocycles. The molecule has 4 heteroatoms. The number of fused-ring (bicyclic) bond motifs is 3. The molecule has 84 valence electrons. The molecule has 0 bridgehead atoms. The Hall–Kier alpha value is -2.23. The van der Waals surface area contributed by atoms with Crippen LogP contribution in [-0.2, 0) is 0 Å². The smallest absolute Gasteiger partial charge is 0.179 e. The fraction of sp³-hybridized carbons (Fsp3) is 0.0769. The number of carbonyl (C=O) groups excluding carboxylic acids is 1. The van der Waals surface area contributed by atoms with E-state index < -0.39 is 0 Å². The molecule has 0 spiro atoms. The maximum absolute atomic E-state index is 13.8. The van der Waals surface area contributed by atoms with Crippen LogP contribution < -0.4 is 0 Å². The number of nitrogens with zero attached hydrogens (tertiary/aromatic N) is 2. The number of halogens is 1. The average Bonchev–Trinajstić information content (AvgIpc) is 2.73. The maximum Gasteiger partial charge on any atom is 0.179 e. The van der Waals surface area contributed by atoms with E-state index in [1.165, 1.54) is 13.0 Å². The predicted octanol–water partition coefficient (Wildman–Crippen LogP) is 2.83. The summed E-state index contributed by atoms with van der Waals surface area (Å²) >= 11 is 0. The predicted molar refractivity (Wildman–Crippen MR) is 62.7 cm³/mol. The van der Waals surface area contributed by atoms with Crippen molar-refractivity contribution in [2.24, 2.45) is 0 Å². The number of imidazole rings is 1. The summed E-state index contributed by atoms with van der Waals surface area (Å²) in [5, 5.41) is 1.22. The van der Waals surface area contributed by atoms with Crippen LogP contribution in [-0.4, -0.2) is 15.2 Å². The topological polar surface area (TPSA) is 34.4 Å². The zero-order chi connectivity index (χ0) is 12.0. The number of pyridine rings is 1. The number of Topliss-reactive ketones (excluding diaryl/α,β-unsaturated/α-hetero) is 1. The van der Waals surface area contributed by atoms with Crippen LogP contribution >= 0.6 is 0 Å². The van der Waals surface area contributed by atoms with Gasteiger partial charge in [0.05, 0.1) is 5.39 Å². The van der Waals surface area contributed by atoms with E-state index in [4.69, 9.17) is 0 Å². The van der Waals surface area contributed by atoms with Crippen molar-refractivity contribution in [2.75, 3.05) is 0 Å². The first-order valence-corrected chi connectivity index (χ1v) is 5.24. The quantitative estimate of drug-likeness (QED) is 0.600. The van der Waals surface area contributed by atoms with Gasteiger partial charge in [0.1, 0.15) is 17.2 Å². The van der Waals surface area contributed by atoms with Crippen LogP contribution in [0.25, 0.3) is 16.4 Å². The van der Waals surface area contributed by atoms with Crippen molar-refractivity contribution in [3.8, 4) is 0 Å². The molecular weight excluding hydrogens is 219 g/mol. The van der Waals surface area contributed by atoms with Crippen molar-refractivity contribution < 1.29 is 9.18 Å². The molecule has 3 nitrogen and oxygen atoms in total. The molecule has 3 aromatic rings. The lowest BCUT2D eigenvalue weighted by Crippen LogP contribution is -1.90. The van der Waals surface area contributed by atoms with Crippen LogP contribution in [0.3, 0.4) is 0 Å². The van der Waals surface area contributed by atoms with Crippen LogP contribution in [0.1, 0.15) is 17.4 Å². The van der Waals surface area contributed by atoms with Crippen molar-refractivity contribution in [1.29, 1.82) is 0 Å². The van der Waals surface area contributed by atoms with Crippen LogP contribution in [0.15, 0.2) is 36.7 Å². The molecule has 2 heterocycles. The third kappa shape index (κ3) is 1.41. The minimum absolute atomic E-state index is 0.127. The van der Waals surface area contributed by atoms with Gasteiger partial charge in [0.15, 0.2) is 5.78 Å². The zero-order valence-electron chi connectivity index (χ0n) is 9.14. The monoisotopic (exact) mass is 228 g/mol. The van der Waals surface area contributed by atoms with Gasteiger partial charge in [0, 0.05) is 19.3 Å². The Morgan fingerprint density at radius 1 is 1.35 bits per heavy atom. The Labute approximate surface area is 96.5 Å².